The molecule has 2 atom stereocenters. The average Bonchev–Trinajstić information content (AvgIpc) is 3.05. The quantitative estimate of drug-likeness (QED) is 0.745. The van der Waals surface area contributed by atoms with Crippen LogP contribution >= 0.6 is 11.6 Å². The molecule has 122 valence electrons. The van der Waals surface area contributed by atoms with Crippen LogP contribution in [0.25, 0.3) is 0 Å². The highest BCUT2D eigenvalue weighted by Gasteiger charge is 2.31. The maximum atomic E-state index is 13.2. The Bertz CT molecular complexity index is 882. The molecule has 2 aromatic carbocycles. The molecular formula is C16H13ClFN5O. The molecule has 0 aliphatic carbocycles. The minimum absolute atomic E-state index is 0.149. The van der Waals surface area contributed by atoms with Gasteiger partial charge >= 0.3 is 0 Å². The number of aromatic nitrogens is 4. The van der Waals surface area contributed by atoms with E-state index in [4.69, 9.17) is 11.6 Å². The maximum absolute atomic E-state index is 13.2. The molecule has 1 aliphatic heterocycles. The van der Waals surface area contributed by atoms with Gasteiger partial charge in [0.05, 0.1) is 12.1 Å². The van der Waals surface area contributed by atoms with Crippen LogP contribution in [0.5, 0.6) is 5.75 Å². The summed E-state index contributed by atoms with van der Waals surface area (Å²) in [5, 5.41) is 25.6. The first kappa shape index (κ1) is 14.9. The molecule has 2 unspecified atom stereocenters. The molecule has 24 heavy (non-hydrogen) atoms. The van der Waals surface area contributed by atoms with Gasteiger partial charge in [0.1, 0.15) is 11.6 Å². The van der Waals surface area contributed by atoms with E-state index in [0.717, 1.165) is 5.56 Å². The van der Waals surface area contributed by atoms with Crippen molar-refractivity contribution in [1.29, 1.82) is 0 Å². The molecule has 0 saturated heterocycles. The summed E-state index contributed by atoms with van der Waals surface area (Å²) in [6.07, 6.45) is 0.581. The minimum Gasteiger partial charge on any atom is -0.508 e. The number of fused-ring (bicyclic) bond motifs is 1. The number of nitrogens with zero attached hydrogens (tertiary/aromatic N) is 4. The molecule has 8 heteroatoms. The first-order valence-electron chi connectivity index (χ1n) is 7.40. The molecule has 1 aliphatic rings. The van der Waals surface area contributed by atoms with Crippen LogP contribution in [0.1, 0.15) is 29.6 Å². The fourth-order valence-electron chi connectivity index (χ4n) is 3.01. The topological polar surface area (TPSA) is 75.9 Å². The average molecular weight is 346 g/mol. The van der Waals surface area contributed by atoms with Crippen molar-refractivity contribution in [2.24, 2.45) is 0 Å². The van der Waals surface area contributed by atoms with E-state index in [2.05, 4.69) is 20.8 Å². The van der Waals surface area contributed by atoms with E-state index >= 15 is 0 Å². The molecular weight excluding hydrogens is 333 g/mol. The zero-order chi connectivity index (χ0) is 16.7. The predicted molar refractivity (Wildman–Crippen MR) is 86.5 cm³/mol. The first-order chi connectivity index (χ1) is 11.6. The third-order valence-corrected chi connectivity index (χ3v) is 4.41. The van der Waals surface area contributed by atoms with E-state index in [1.54, 1.807) is 35.0 Å². The summed E-state index contributed by atoms with van der Waals surface area (Å²) in [5.41, 5.74) is 1.56. The molecule has 6 nitrogen and oxygen atoms in total. The zero-order valence-electron chi connectivity index (χ0n) is 12.4. The summed E-state index contributed by atoms with van der Waals surface area (Å²) >= 11 is 6.06. The number of anilines is 1. The molecule has 0 fully saturated rings. The standard InChI is InChI=1S/C16H13ClFN5O/c17-10-3-6-15(24)12(7-10)13-8-14(9-1-4-11(18)5-2-9)23-16(19-13)20-21-22-23/h1-7,13-14,24H,8H2,(H,19,20,22). The Morgan fingerprint density at radius 3 is 2.79 bits per heavy atom. The van der Waals surface area contributed by atoms with Gasteiger partial charge in [-0.1, -0.05) is 28.8 Å². The molecule has 1 aromatic heterocycles. The van der Waals surface area contributed by atoms with Gasteiger partial charge in [-0.2, -0.15) is 0 Å². The summed E-state index contributed by atoms with van der Waals surface area (Å²) in [6, 6.07) is 10.7. The molecule has 0 saturated carbocycles. The van der Waals surface area contributed by atoms with Gasteiger partial charge in [-0.05, 0) is 52.7 Å². The molecule has 4 rings (SSSR count). The summed E-state index contributed by atoms with van der Waals surface area (Å²) in [5.74, 6) is 0.337. The van der Waals surface area contributed by atoms with Crippen molar-refractivity contribution in [3.05, 3.63) is 64.4 Å². The molecule has 0 spiro atoms. The number of hydrogen-bond donors (Lipinski definition) is 2. The van der Waals surface area contributed by atoms with Crippen LogP contribution in [0.15, 0.2) is 42.5 Å². The molecule has 2 N–H and O–H groups in total. The summed E-state index contributed by atoms with van der Waals surface area (Å²) < 4.78 is 14.9. The highest BCUT2D eigenvalue weighted by molar-refractivity contribution is 6.30. The van der Waals surface area contributed by atoms with E-state index in [9.17, 15) is 9.50 Å². The van der Waals surface area contributed by atoms with Crippen molar-refractivity contribution in [3.8, 4) is 5.75 Å². The molecule has 3 aromatic rings. The van der Waals surface area contributed by atoms with Crippen LogP contribution in [-0.2, 0) is 0 Å². The van der Waals surface area contributed by atoms with Crippen LogP contribution in [0, 0.1) is 5.82 Å². The van der Waals surface area contributed by atoms with Gasteiger partial charge < -0.3 is 10.4 Å². The van der Waals surface area contributed by atoms with Crippen LogP contribution in [0.4, 0.5) is 10.3 Å². The number of halogens is 2. The number of phenolic OH excluding ortho intramolecular Hbond substituents is 1. The van der Waals surface area contributed by atoms with Gasteiger partial charge in [0.15, 0.2) is 0 Å². The van der Waals surface area contributed by atoms with Gasteiger partial charge in [-0.3, -0.25) is 0 Å². The fourth-order valence-corrected chi connectivity index (χ4v) is 3.19. The van der Waals surface area contributed by atoms with Crippen LogP contribution < -0.4 is 5.32 Å². The lowest BCUT2D eigenvalue weighted by Gasteiger charge is -2.31. The number of nitrogens with one attached hydrogen (secondary N) is 1. The maximum Gasteiger partial charge on any atom is 0.243 e. The Labute approximate surface area is 141 Å². The van der Waals surface area contributed by atoms with Gasteiger partial charge in [0, 0.05) is 10.6 Å². The molecule has 0 amide bonds. The Balaban J connectivity index is 1.76. The first-order valence-corrected chi connectivity index (χ1v) is 7.78. The fraction of sp³-hybridized carbons (Fsp3) is 0.188. The second kappa shape index (κ2) is 5.76. The van der Waals surface area contributed by atoms with Gasteiger partial charge in [-0.25, -0.2) is 9.07 Å². The zero-order valence-corrected chi connectivity index (χ0v) is 13.2. The number of aromatic hydroxyl groups is 1. The van der Waals surface area contributed by atoms with Crippen LogP contribution in [0.2, 0.25) is 5.02 Å². The number of tetrazole rings is 1. The second-order valence-corrected chi connectivity index (χ2v) is 6.09. The third-order valence-electron chi connectivity index (χ3n) is 4.17. The second-order valence-electron chi connectivity index (χ2n) is 5.65. The Hall–Kier alpha value is -2.67. The van der Waals surface area contributed by atoms with E-state index in [1.807, 2.05) is 0 Å². The number of benzene rings is 2. The third kappa shape index (κ3) is 2.56. The highest BCUT2D eigenvalue weighted by atomic mass is 35.5. The Morgan fingerprint density at radius 2 is 2.00 bits per heavy atom. The SMILES string of the molecule is Oc1ccc(Cl)cc1C1CC(c2ccc(F)cc2)n2nnnc2N1. The smallest absolute Gasteiger partial charge is 0.243 e. The van der Waals surface area contributed by atoms with Crippen molar-refractivity contribution in [3.63, 3.8) is 0 Å². The van der Waals surface area contributed by atoms with E-state index in [0.29, 0.717) is 23.0 Å². The van der Waals surface area contributed by atoms with Crippen molar-refractivity contribution < 1.29 is 9.50 Å². The van der Waals surface area contributed by atoms with E-state index in [1.165, 1.54) is 12.1 Å². The van der Waals surface area contributed by atoms with Crippen molar-refractivity contribution in [2.45, 2.75) is 18.5 Å². The van der Waals surface area contributed by atoms with Crippen LogP contribution in [-0.4, -0.2) is 25.3 Å². The van der Waals surface area contributed by atoms with Crippen LogP contribution in [0.3, 0.4) is 0 Å². The van der Waals surface area contributed by atoms with E-state index in [-0.39, 0.29) is 23.7 Å². The Morgan fingerprint density at radius 1 is 1.21 bits per heavy atom. The van der Waals surface area contributed by atoms with Gasteiger partial charge in [0.2, 0.25) is 5.95 Å². The lowest BCUT2D eigenvalue weighted by molar-refractivity contribution is 0.409. The summed E-state index contributed by atoms with van der Waals surface area (Å²) in [6.45, 7) is 0. The number of rotatable bonds is 2. The van der Waals surface area contributed by atoms with Crippen molar-refractivity contribution in [2.75, 3.05) is 5.32 Å². The van der Waals surface area contributed by atoms with Gasteiger partial charge in [-0.15, -0.1) is 0 Å². The highest BCUT2D eigenvalue weighted by Crippen LogP contribution is 2.40. The molecule has 0 radical (unpaired) electrons. The number of phenols is 1. The normalized spacial score (nSPS) is 19.6. The predicted octanol–water partition coefficient (Wildman–Crippen LogP) is 3.32. The Kier molecular flexibility index (Phi) is 3.57. The largest absolute Gasteiger partial charge is 0.508 e. The van der Waals surface area contributed by atoms with E-state index < -0.39 is 0 Å². The lowest BCUT2D eigenvalue weighted by Crippen LogP contribution is -2.28. The monoisotopic (exact) mass is 345 g/mol. The summed E-state index contributed by atoms with van der Waals surface area (Å²) in [7, 11) is 0. The van der Waals surface area contributed by atoms with Gasteiger partial charge in [0.25, 0.3) is 0 Å². The molecule has 2 heterocycles. The summed E-state index contributed by atoms with van der Waals surface area (Å²) in [4.78, 5) is 0. The van der Waals surface area contributed by atoms with Crippen molar-refractivity contribution >= 4 is 17.5 Å². The minimum atomic E-state index is -0.298. The molecule has 0 bridgehead atoms. The number of hydrogen-bond acceptors (Lipinski definition) is 5. The lowest BCUT2D eigenvalue weighted by atomic mass is 9.93. The van der Waals surface area contributed by atoms with Crippen molar-refractivity contribution in [1.82, 2.24) is 20.2 Å².